The van der Waals surface area contributed by atoms with Crippen molar-refractivity contribution in [1.82, 2.24) is 0 Å². The first-order chi connectivity index (χ1) is 31.6. The summed E-state index contributed by atoms with van der Waals surface area (Å²) in [5, 5.41) is 0. The van der Waals surface area contributed by atoms with Gasteiger partial charge in [0.2, 0.25) is 0 Å². The monoisotopic (exact) mass is 901 g/mol. The van der Waals surface area contributed by atoms with Crippen LogP contribution in [-0.4, -0.2) is 0 Å². The maximum atomic E-state index is 2.33. The van der Waals surface area contributed by atoms with E-state index < -0.39 is 0 Å². The van der Waals surface area contributed by atoms with Gasteiger partial charge in [0.15, 0.2) is 0 Å². The number of fused-ring (bicyclic) bond motifs is 4. The second-order valence-electron chi connectivity index (χ2n) is 14.9. The maximum absolute atomic E-state index is 2.33. The Morgan fingerprint density at radius 3 is 1.02 bits per heavy atom. The van der Waals surface area contributed by atoms with Crippen LogP contribution in [-0.2, 0) is 12.8 Å². The first kappa shape index (κ1) is 79.5. The molecule has 0 saturated heterocycles. The topological polar surface area (TPSA) is 0 Å². The van der Waals surface area contributed by atoms with Crippen LogP contribution >= 0.6 is 0 Å². The highest BCUT2D eigenvalue weighted by Crippen LogP contribution is 2.49. The Kier molecular flexibility index (Phi) is 87.6. The third-order valence-corrected chi connectivity index (χ3v) is 11.6. The van der Waals surface area contributed by atoms with Crippen molar-refractivity contribution in [3.8, 4) is 0 Å². The predicted octanol–water partition coefficient (Wildman–Crippen LogP) is 24.5. The fourth-order valence-electron chi connectivity index (χ4n) is 9.08. The molecule has 0 aromatic heterocycles. The zero-order valence-corrected chi connectivity index (χ0v) is 50.2. The third-order valence-electron chi connectivity index (χ3n) is 11.6. The van der Waals surface area contributed by atoms with E-state index in [-0.39, 0.29) is 0 Å². The summed E-state index contributed by atoms with van der Waals surface area (Å²) in [5.74, 6) is 6.24. The van der Waals surface area contributed by atoms with E-state index in [0.29, 0.717) is 0 Å². The van der Waals surface area contributed by atoms with Gasteiger partial charge in [-0.3, -0.25) is 0 Å². The summed E-state index contributed by atoms with van der Waals surface area (Å²) >= 11 is 0. The van der Waals surface area contributed by atoms with Gasteiger partial charge in [0.25, 0.3) is 0 Å². The number of hydrogen-bond acceptors (Lipinski definition) is 0. The van der Waals surface area contributed by atoms with Crippen LogP contribution in [0.5, 0.6) is 0 Å². The van der Waals surface area contributed by atoms with Crippen molar-refractivity contribution in [3.05, 3.63) is 70.8 Å². The molecule has 0 heterocycles. The smallest absolute Gasteiger partial charge is 0.0162 e. The molecule has 2 aromatic carbocycles. The fraction of sp³-hybridized carbons (Fsp3) is 0.812. The van der Waals surface area contributed by atoms with Crippen LogP contribution in [0.1, 0.15) is 330 Å². The lowest BCUT2D eigenvalue weighted by Crippen LogP contribution is -2.09. The molecule has 0 heteroatoms. The van der Waals surface area contributed by atoms with Crippen molar-refractivity contribution in [2.45, 2.75) is 320 Å². The number of hydrogen-bond donors (Lipinski definition) is 0. The Morgan fingerprint density at radius 1 is 0.391 bits per heavy atom. The van der Waals surface area contributed by atoms with Crippen molar-refractivity contribution in [2.75, 3.05) is 0 Å². The van der Waals surface area contributed by atoms with Crippen LogP contribution in [0.2, 0.25) is 0 Å². The second kappa shape index (κ2) is 70.5. The normalized spacial score (nSPS) is 19.0. The molecule has 5 aliphatic rings. The summed E-state index contributed by atoms with van der Waals surface area (Å²) in [5.41, 5.74) is 6.42. The lowest BCUT2D eigenvalue weighted by Gasteiger charge is -2.23. The molecule has 0 amide bonds. The van der Waals surface area contributed by atoms with E-state index in [2.05, 4.69) is 90.1 Å². The lowest BCUT2D eigenvalue weighted by molar-refractivity contribution is 0.312. The summed E-state index contributed by atoms with van der Waals surface area (Å²) in [7, 11) is 0. The van der Waals surface area contributed by atoms with Crippen LogP contribution in [0.4, 0.5) is 0 Å². The molecular formula is C64H132. The predicted molar refractivity (Wildman–Crippen MR) is 310 cm³/mol. The summed E-state index contributed by atoms with van der Waals surface area (Å²) in [6, 6.07) is 17.9. The Hall–Kier alpha value is -1.56. The number of benzene rings is 2. The van der Waals surface area contributed by atoms with Crippen molar-refractivity contribution in [1.29, 1.82) is 0 Å². The minimum atomic E-state index is 0.843. The van der Waals surface area contributed by atoms with E-state index in [0.717, 1.165) is 35.5 Å². The van der Waals surface area contributed by atoms with Crippen LogP contribution in [0.25, 0.3) is 0 Å². The molecule has 0 N–H and O–H groups in total. The molecule has 7 rings (SSSR count). The largest absolute Gasteiger partial charge is 0.0683 e. The van der Waals surface area contributed by atoms with E-state index >= 15 is 0 Å². The summed E-state index contributed by atoms with van der Waals surface area (Å²) in [4.78, 5) is 0. The van der Waals surface area contributed by atoms with E-state index in [9.17, 15) is 0 Å². The highest BCUT2D eigenvalue weighted by molar-refractivity contribution is 5.33. The molecule has 0 aliphatic heterocycles. The molecule has 3 fully saturated rings. The Balaban J connectivity index is -0.0000000953. The Labute approximate surface area is 413 Å². The van der Waals surface area contributed by atoms with Crippen molar-refractivity contribution >= 4 is 0 Å². The molecule has 3 saturated carbocycles. The summed E-state index contributed by atoms with van der Waals surface area (Å²) in [6.07, 6.45) is 28.7. The molecule has 5 aliphatic carbocycles. The Bertz CT molecular complexity index is 939. The average molecular weight is 902 g/mol. The fourth-order valence-corrected chi connectivity index (χ4v) is 9.08. The van der Waals surface area contributed by atoms with Crippen LogP contribution in [0.15, 0.2) is 48.5 Å². The van der Waals surface area contributed by atoms with Crippen molar-refractivity contribution < 1.29 is 0 Å². The van der Waals surface area contributed by atoms with Gasteiger partial charge in [-0.05, 0) is 128 Å². The molecule has 388 valence electrons. The minimum Gasteiger partial charge on any atom is -0.0683 e. The van der Waals surface area contributed by atoms with Gasteiger partial charge in [0.05, 0.1) is 0 Å². The molecule has 2 bridgehead atoms. The van der Waals surface area contributed by atoms with Crippen LogP contribution in [0.3, 0.4) is 0 Å². The van der Waals surface area contributed by atoms with Gasteiger partial charge in [0.1, 0.15) is 0 Å². The van der Waals surface area contributed by atoms with Crippen LogP contribution in [0, 0.1) is 23.7 Å². The SMILES string of the molecule is CC.CC.CC.CC.CC.CC.CC.CC.CC.CC.CCC.CCC1CCCC1.CCC1CCCc2ccccc21.CCC1CCCc2ccccc21.CCCC1CC2CCC1C2. The maximum Gasteiger partial charge on any atom is -0.0162 e. The second-order valence-corrected chi connectivity index (χ2v) is 14.9. The first-order valence-corrected chi connectivity index (χ1v) is 29.7. The molecule has 0 spiro atoms. The summed E-state index contributed by atoms with van der Waals surface area (Å²) in [6.45, 7) is 53.5. The molecule has 0 nitrogen and oxygen atoms in total. The van der Waals surface area contributed by atoms with Crippen molar-refractivity contribution in [2.24, 2.45) is 23.7 Å². The first-order valence-electron chi connectivity index (χ1n) is 29.7. The van der Waals surface area contributed by atoms with Gasteiger partial charge in [-0.15, -0.1) is 0 Å². The molecule has 2 aromatic rings. The zero-order valence-electron chi connectivity index (χ0n) is 50.2. The Morgan fingerprint density at radius 2 is 0.750 bits per heavy atom. The van der Waals surface area contributed by atoms with Gasteiger partial charge >= 0.3 is 0 Å². The molecule has 0 radical (unpaired) electrons. The average Bonchev–Trinajstić information content (AvgIpc) is 4.22. The van der Waals surface area contributed by atoms with E-state index in [1.54, 1.807) is 47.9 Å². The molecule has 5 unspecified atom stereocenters. The van der Waals surface area contributed by atoms with Gasteiger partial charge in [-0.2, -0.15) is 0 Å². The third kappa shape index (κ3) is 39.6. The number of aryl methyl sites for hydroxylation is 2. The van der Waals surface area contributed by atoms with Crippen LogP contribution < -0.4 is 0 Å². The van der Waals surface area contributed by atoms with E-state index in [1.807, 2.05) is 138 Å². The number of rotatable bonds is 5. The highest BCUT2D eigenvalue weighted by atomic mass is 14.4. The molecule has 64 heavy (non-hydrogen) atoms. The lowest BCUT2D eigenvalue weighted by atomic mass is 9.81. The van der Waals surface area contributed by atoms with Crippen molar-refractivity contribution in [3.63, 3.8) is 0 Å². The quantitative estimate of drug-likeness (QED) is 0.280. The van der Waals surface area contributed by atoms with Gasteiger partial charge in [0, 0.05) is 0 Å². The van der Waals surface area contributed by atoms with Gasteiger partial charge in [-0.1, -0.05) is 286 Å². The minimum absolute atomic E-state index is 0.843. The molecular weight excluding hydrogens is 769 g/mol. The summed E-state index contributed by atoms with van der Waals surface area (Å²) < 4.78 is 0. The van der Waals surface area contributed by atoms with Gasteiger partial charge in [-0.25, -0.2) is 0 Å². The van der Waals surface area contributed by atoms with E-state index in [4.69, 9.17) is 0 Å². The zero-order chi connectivity index (χ0) is 51.6. The highest BCUT2D eigenvalue weighted by Gasteiger charge is 2.38. The van der Waals surface area contributed by atoms with E-state index in [1.165, 1.54) is 103 Å². The molecule has 5 atom stereocenters. The standard InChI is InChI=1S/2C12H16.C10H18.C7H14.C3H8.10C2H6/c2*1-2-10-7-5-8-11-6-3-4-9-12(10)11;1-2-3-9-6-8-4-5-10(9)7-8;1-2-7-5-3-4-6-7;1-3-2;10*1-2/h2*3-4,6,9-10H,2,5,7-8H2,1H3;8-10H,2-7H2,1H3;7H,2-6H2,1H3;3H2,1-2H3;10*1-2H3. The van der Waals surface area contributed by atoms with Gasteiger partial charge < -0.3 is 0 Å².